The summed E-state index contributed by atoms with van der Waals surface area (Å²) in [5.41, 5.74) is 2.08. The van der Waals surface area contributed by atoms with Crippen LogP contribution in [0.15, 0.2) is 53.5 Å². The van der Waals surface area contributed by atoms with Gasteiger partial charge in [-0.3, -0.25) is 9.69 Å². The molecule has 36 heavy (non-hydrogen) atoms. The number of amides is 3. The topological polar surface area (TPSA) is 77.0 Å². The number of nitrogens with one attached hydrogen (secondary N) is 2. The molecule has 1 saturated heterocycles. The summed E-state index contributed by atoms with van der Waals surface area (Å²) in [6.07, 6.45) is -4.45. The number of benzene rings is 2. The van der Waals surface area contributed by atoms with Crippen molar-refractivity contribution >= 4 is 29.1 Å². The number of carbonyl (C=O) groups is 2. The van der Waals surface area contributed by atoms with Crippen LogP contribution in [-0.2, 0) is 4.79 Å². The van der Waals surface area contributed by atoms with E-state index in [1.165, 1.54) is 6.07 Å². The van der Waals surface area contributed by atoms with Gasteiger partial charge in [0.2, 0.25) is 6.17 Å². The lowest BCUT2D eigenvalue weighted by Crippen LogP contribution is -2.51. The number of alkyl halides is 3. The van der Waals surface area contributed by atoms with E-state index >= 15 is 0 Å². The van der Waals surface area contributed by atoms with Crippen molar-refractivity contribution in [3.8, 4) is 0 Å². The molecule has 0 aliphatic carbocycles. The zero-order valence-electron chi connectivity index (χ0n) is 20.5. The Balaban J connectivity index is 1.70. The quantitative estimate of drug-likeness (QED) is 0.627. The molecule has 4 rings (SSSR count). The smallest absolute Gasteiger partial charge is 0.356 e. The number of carbonyl (C=O) groups excluding carboxylic acids is 2. The largest absolute Gasteiger partial charge is 0.406 e. The Kier molecular flexibility index (Phi) is 6.97. The molecule has 192 valence electrons. The normalized spacial score (nSPS) is 19.8. The highest BCUT2D eigenvalue weighted by molar-refractivity contribution is 6.12. The molecule has 0 unspecified atom stereocenters. The maximum Gasteiger partial charge on any atom is 0.406 e. The minimum atomic E-state index is -4.64. The molecule has 2 aliphatic heterocycles. The zero-order valence-corrected chi connectivity index (χ0v) is 20.5. The number of fused-ring (bicyclic) bond motifs is 1. The van der Waals surface area contributed by atoms with Crippen LogP contribution >= 0.6 is 0 Å². The van der Waals surface area contributed by atoms with E-state index in [0.717, 1.165) is 18.4 Å². The predicted octanol–water partition coefficient (Wildman–Crippen LogP) is 4.92. The minimum absolute atomic E-state index is 0.117. The van der Waals surface area contributed by atoms with E-state index in [9.17, 15) is 22.8 Å². The van der Waals surface area contributed by atoms with E-state index in [1.54, 1.807) is 36.4 Å². The Bertz CT molecular complexity index is 1170. The molecule has 0 bridgehead atoms. The zero-order chi connectivity index (χ0) is 26.1. The van der Waals surface area contributed by atoms with Crippen molar-refractivity contribution in [2.45, 2.75) is 46.0 Å². The van der Waals surface area contributed by atoms with Gasteiger partial charge in [0.05, 0.1) is 5.69 Å². The summed E-state index contributed by atoms with van der Waals surface area (Å²) in [6, 6.07) is 12.7. The molecular formula is C26H30F3N5O2. The molecular weight excluding hydrogens is 471 g/mol. The first kappa shape index (κ1) is 25.5. The van der Waals surface area contributed by atoms with Crippen molar-refractivity contribution < 1.29 is 22.8 Å². The van der Waals surface area contributed by atoms with Crippen LogP contribution in [-0.4, -0.2) is 54.7 Å². The number of aliphatic imine (C=N–C) groups is 1. The molecule has 10 heteroatoms. The highest BCUT2D eigenvalue weighted by atomic mass is 19.4. The second-order valence-electron chi connectivity index (χ2n) is 10.0. The second kappa shape index (κ2) is 9.83. The molecule has 1 atom stereocenters. The number of rotatable bonds is 3. The van der Waals surface area contributed by atoms with E-state index < -0.39 is 30.8 Å². The fourth-order valence-corrected chi connectivity index (χ4v) is 4.44. The van der Waals surface area contributed by atoms with Gasteiger partial charge in [0.1, 0.15) is 12.4 Å². The highest BCUT2D eigenvalue weighted by Crippen LogP contribution is 2.34. The lowest BCUT2D eigenvalue weighted by molar-refractivity contribution is -0.133. The van der Waals surface area contributed by atoms with Crippen LogP contribution in [0.1, 0.15) is 37.8 Å². The van der Waals surface area contributed by atoms with Gasteiger partial charge in [-0.25, -0.2) is 9.79 Å². The first-order valence-corrected chi connectivity index (χ1v) is 11.9. The summed E-state index contributed by atoms with van der Waals surface area (Å²) < 4.78 is 40.7. The minimum Gasteiger partial charge on any atom is -0.356 e. The maximum atomic E-state index is 13.6. The van der Waals surface area contributed by atoms with Crippen LogP contribution in [0.2, 0.25) is 0 Å². The van der Waals surface area contributed by atoms with E-state index in [1.807, 2.05) is 17.9 Å². The second-order valence-corrected chi connectivity index (χ2v) is 10.0. The number of para-hydroxylation sites is 1. The number of nitrogens with zero attached hydrogens (tertiary/aromatic N) is 3. The van der Waals surface area contributed by atoms with Gasteiger partial charge in [-0.05, 0) is 55.0 Å². The number of aryl methyl sites for hydroxylation is 1. The van der Waals surface area contributed by atoms with Crippen molar-refractivity contribution in [2.75, 3.05) is 29.9 Å². The Labute approximate surface area is 208 Å². The molecule has 0 radical (unpaired) electrons. The van der Waals surface area contributed by atoms with E-state index in [2.05, 4.69) is 29.5 Å². The van der Waals surface area contributed by atoms with Crippen LogP contribution in [0.25, 0.3) is 0 Å². The average molecular weight is 502 g/mol. The van der Waals surface area contributed by atoms with Crippen LogP contribution in [0.5, 0.6) is 0 Å². The van der Waals surface area contributed by atoms with Gasteiger partial charge in [-0.15, -0.1) is 0 Å². The van der Waals surface area contributed by atoms with Crippen molar-refractivity contribution in [3.05, 3.63) is 59.7 Å². The SMILES string of the molecule is Cc1cccc(NC(=O)N[C@@H]2N=C(N3CCC(C)(C)CC3)c3ccccc3N(CC(F)(F)F)C2=O)c1. The Morgan fingerprint density at radius 2 is 1.81 bits per heavy atom. The molecule has 1 fully saturated rings. The van der Waals surface area contributed by atoms with Crippen LogP contribution in [0.4, 0.5) is 29.3 Å². The molecule has 2 aromatic rings. The third-order valence-electron chi connectivity index (χ3n) is 6.48. The Morgan fingerprint density at radius 1 is 1.11 bits per heavy atom. The van der Waals surface area contributed by atoms with Crippen molar-refractivity contribution in [1.29, 1.82) is 0 Å². The monoisotopic (exact) mass is 501 g/mol. The van der Waals surface area contributed by atoms with Gasteiger partial charge >= 0.3 is 12.2 Å². The lowest BCUT2D eigenvalue weighted by Gasteiger charge is -2.39. The lowest BCUT2D eigenvalue weighted by atomic mass is 9.82. The van der Waals surface area contributed by atoms with Crippen molar-refractivity contribution in [1.82, 2.24) is 10.2 Å². The predicted molar refractivity (Wildman–Crippen MR) is 133 cm³/mol. The molecule has 2 N–H and O–H groups in total. The van der Waals surface area contributed by atoms with Crippen LogP contribution in [0, 0.1) is 12.3 Å². The highest BCUT2D eigenvalue weighted by Gasteiger charge is 2.41. The van der Waals surface area contributed by atoms with Gasteiger partial charge < -0.3 is 15.5 Å². The first-order chi connectivity index (χ1) is 16.9. The summed E-state index contributed by atoms with van der Waals surface area (Å²) in [4.78, 5) is 33.4. The molecule has 2 heterocycles. The fraction of sp³-hybridized carbons (Fsp3) is 0.423. The first-order valence-electron chi connectivity index (χ1n) is 11.9. The van der Waals surface area contributed by atoms with Crippen molar-refractivity contribution in [3.63, 3.8) is 0 Å². The number of urea groups is 1. The summed E-state index contributed by atoms with van der Waals surface area (Å²) in [5.74, 6) is -0.550. The van der Waals surface area contributed by atoms with Gasteiger partial charge in [-0.1, -0.05) is 38.1 Å². The molecule has 0 saturated carbocycles. The van der Waals surface area contributed by atoms with Crippen LogP contribution in [0.3, 0.4) is 0 Å². The number of halogens is 3. The molecule has 2 aromatic carbocycles. The summed E-state index contributed by atoms with van der Waals surface area (Å²) in [7, 11) is 0. The van der Waals surface area contributed by atoms with Crippen molar-refractivity contribution in [2.24, 2.45) is 10.4 Å². The molecule has 0 spiro atoms. The molecule has 7 nitrogen and oxygen atoms in total. The maximum absolute atomic E-state index is 13.6. The van der Waals surface area contributed by atoms with Gasteiger partial charge in [-0.2, -0.15) is 13.2 Å². The summed E-state index contributed by atoms with van der Waals surface area (Å²) in [6.45, 7) is 5.98. The number of amidine groups is 1. The third kappa shape index (κ3) is 5.98. The third-order valence-corrected chi connectivity index (χ3v) is 6.48. The summed E-state index contributed by atoms with van der Waals surface area (Å²) in [5, 5.41) is 5.12. The molecule has 2 aliphatic rings. The number of hydrogen-bond acceptors (Lipinski definition) is 4. The van der Waals surface area contributed by atoms with Gasteiger partial charge in [0, 0.05) is 24.3 Å². The van der Waals surface area contributed by atoms with E-state index in [-0.39, 0.29) is 11.1 Å². The standard InChI is InChI=1S/C26H30F3N5O2/c1-17-7-6-8-18(15-17)30-24(36)32-21-23(35)34(16-26(27,28)29)20-10-5-4-9-19(20)22(31-21)33-13-11-25(2,3)12-14-33/h4-10,15,21H,11-14,16H2,1-3H3,(H2,30,32,36)/t21-/m0/s1. The van der Waals surface area contributed by atoms with Crippen LogP contribution < -0.4 is 15.5 Å². The van der Waals surface area contributed by atoms with Gasteiger partial charge in [0.25, 0.3) is 5.91 Å². The molecule has 0 aromatic heterocycles. The van der Waals surface area contributed by atoms with E-state index in [4.69, 9.17) is 0 Å². The Morgan fingerprint density at radius 3 is 2.47 bits per heavy atom. The van der Waals surface area contributed by atoms with E-state index in [0.29, 0.717) is 35.1 Å². The summed E-state index contributed by atoms with van der Waals surface area (Å²) >= 11 is 0. The molecule has 3 amide bonds. The number of piperidine rings is 1. The Hall–Kier alpha value is -3.56. The van der Waals surface area contributed by atoms with Gasteiger partial charge in [0.15, 0.2) is 0 Å². The number of benzodiazepines with no additional fused rings is 1. The number of hydrogen-bond donors (Lipinski definition) is 2. The fourth-order valence-electron chi connectivity index (χ4n) is 4.44. The average Bonchev–Trinajstić information content (AvgIpc) is 2.89. The number of likely N-dealkylation sites (tertiary alicyclic amines) is 1. The number of anilines is 2.